The number of nitrogens with zero attached hydrogens (tertiary/aromatic N) is 1. The summed E-state index contributed by atoms with van der Waals surface area (Å²) in [5.74, 6) is 0.321. The molecular weight excluding hydrogens is 534 g/mol. The molecule has 0 bridgehead atoms. The molecule has 0 saturated heterocycles. The molecule has 44 heavy (non-hydrogen) atoms. The molecule has 0 atom stereocenters. The highest BCUT2D eigenvalue weighted by Gasteiger charge is 2.30. The van der Waals surface area contributed by atoms with Crippen LogP contribution in [-0.2, 0) is 16.2 Å². The Kier molecular flexibility index (Phi) is 7.64. The van der Waals surface area contributed by atoms with Gasteiger partial charge in [0.05, 0.1) is 16.7 Å². The fraction of sp³-hybridized carbons (Fsp3) is 0.429. The SMILES string of the molecule is Cc1ccc(-c2cc(C(C)(C)CC(C)(C)C)cc(-n3c4ccc(C(C)(C)C)cc4c4cc(C(C)(C)C)ccc43)c2O)cc1C. The molecule has 1 N–H and O–H groups in total. The van der Waals surface area contributed by atoms with Gasteiger partial charge < -0.3 is 9.67 Å². The molecule has 2 nitrogen and oxygen atoms in total. The average Bonchev–Trinajstić information content (AvgIpc) is 3.21. The first kappa shape index (κ1) is 31.9. The first-order valence-electron chi connectivity index (χ1n) is 16.2. The minimum absolute atomic E-state index is 0.0275. The molecule has 0 radical (unpaired) electrons. The number of rotatable bonds is 4. The zero-order valence-electron chi connectivity index (χ0n) is 29.5. The summed E-state index contributed by atoms with van der Waals surface area (Å²) in [5, 5.41) is 14.7. The fourth-order valence-corrected chi connectivity index (χ4v) is 6.95. The van der Waals surface area contributed by atoms with Crippen molar-refractivity contribution in [3.63, 3.8) is 0 Å². The van der Waals surface area contributed by atoms with E-state index in [2.05, 4.69) is 161 Å². The monoisotopic (exact) mass is 587 g/mol. The van der Waals surface area contributed by atoms with E-state index in [0.717, 1.165) is 34.3 Å². The van der Waals surface area contributed by atoms with Gasteiger partial charge in [-0.3, -0.25) is 0 Å². The first-order valence-corrected chi connectivity index (χ1v) is 16.2. The van der Waals surface area contributed by atoms with Crippen molar-refractivity contribution in [1.29, 1.82) is 0 Å². The van der Waals surface area contributed by atoms with Crippen LogP contribution >= 0.6 is 0 Å². The molecule has 0 spiro atoms. The zero-order chi connectivity index (χ0) is 32.6. The van der Waals surface area contributed by atoms with E-state index in [4.69, 9.17) is 0 Å². The molecule has 0 aliphatic rings. The Morgan fingerprint density at radius 3 is 1.55 bits per heavy atom. The lowest BCUT2D eigenvalue weighted by molar-refractivity contribution is 0.284. The van der Waals surface area contributed by atoms with E-state index >= 15 is 0 Å². The van der Waals surface area contributed by atoms with Crippen molar-refractivity contribution >= 4 is 21.8 Å². The van der Waals surface area contributed by atoms with E-state index in [1.807, 2.05) is 0 Å². The summed E-state index contributed by atoms with van der Waals surface area (Å²) in [4.78, 5) is 0. The molecule has 0 fully saturated rings. The highest BCUT2D eigenvalue weighted by atomic mass is 16.3. The van der Waals surface area contributed by atoms with Gasteiger partial charge in [-0.1, -0.05) is 106 Å². The largest absolute Gasteiger partial charge is 0.505 e. The van der Waals surface area contributed by atoms with Crippen LogP contribution in [-0.4, -0.2) is 9.67 Å². The van der Waals surface area contributed by atoms with E-state index in [1.165, 1.54) is 38.6 Å². The second-order valence-electron chi connectivity index (χ2n) is 17.1. The van der Waals surface area contributed by atoms with Gasteiger partial charge in [0.1, 0.15) is 5.75 Å². The number of phenolic OH excluding ortho intramolecular Hbond substituents is 1. The highest BCUT2D eigenvalue weighted by Crippen LogP contribution is 2.46. The molecule has 5 aromatic rings. The molecule has 1 heterocycles. The normalized spacial score (nSPS) is 13.3. The van der Waals surface area contributed by atoms with Crippen molar-refractivity contribution in [3.8, 4) is 22.6 Å². The number of phenols is 1. The molecule has 5 rings (SSSR count). The molecule has 0 saturated carbocycles. The van der Waals surface area contributed by atoms with Gasteiger partial charge >= 0.3 is 0 Å². The average molecular weight is 588 g/mol. The molecule has 0 aliphatic heterocycles. The minimum Gasteiger partial charge on any atom is -0.505 e. The van der Waals surface area contributed by atoms with Gasteiger partial charge in [-0.25, -0.2) is 0 Å². The Morgan fingerprint density at radius 1 is 0.568 bits per heavy atom. The Hall–Kier alpha value is -3.52. The van der Waals surface area contributed by atoms with Crippen molar-refractivity contribution in [1.82, 2.24) is 4.57 Å². The lowest BCUT2D eigenvalue weighted by Crippen LogP contribution is -2.25. The lowest BCUT2D eigenvalue weighted by Gasteiger charge is -2.34. The van der Waals surface area contributed by atoms with Crippen molar-refractivity contribution in [2.75, 3.05) is 0 Å². The topological polar surface area (TPSA) is 25.2 Å². The summed E-state index contributed by atoms with van der Waals surface area (Å²) < 4.78 is 2.31. The summed E-state index contributed by atoms with van der Waals surface area (Å²) in [5.41, 5.74) is 11.4. The van der Waals surface area contributed by atoms with Gasteiger partial charge in [0, 0.05) is 16.3 Å². The molecule has 0 unspecified atom stereocenters. The van der Waals surface area contributed by atoms with Crippen LogP contribution in [0.1, 0.15) is 110 Å². The Labute approximate surface area is 266 Å². The second kappa shape index (κ2) is 10.5. The van der Waals surface area contributed by atoms with Gasteiger partial charge in [0.2, 0.25) is 0 Å². The van der Waals surface area contributed by atoms with E-state index in [9.17, 15) is 5.11 Å². The molecule has 4 aromatic carbocycles. The second-order valence-corrected chi connectivity index (χ2v) is 17.1. The van der Waals surface area contributed by atoms with Crippen LogP contribution in [0.4, 0.5) is 0 Å². The summed E-state index contributed by atoms with van der Waals surface area (Å²) >= 11 is 0. The minimum atomic E-state index is -0.104. The van der Waals surface area contributed by atoms with Crippen molar-refractivity contribution in [3.05, 3.63) is 94.5 Å². The summed E-state index contributed by atoms with van der Waals surface area (Å²) in [6.07, 6.45) is 1.02. The molecular formula is C42H53NO. The number of fused-ring (bicyclic) bond motifs is 3. The predicted octanol–water partition coefficient (Wildman–Crippen LogP) is 12.1. The van der Waals surface area contributed by atoms with Crippen molar-refractivity contribution < 1.29 is 5.11 Å². The first-order chi connectivity index (χ1) is 20.2. The maximum Gasteiger partial charge on any atom is 0.147 e. The fourth-order valence-electron chi connectivity index (χ4n) is 6.95. The van der Waals surface area contributed by atoms with E-state index in [0.29, 0.717) is 5.75 Å². The van der Waals surface area contributed by atoms with Gasteiger partial charge in [0.15, 0.2) is 0 Å². The van der Waals surface area contributed by atoms with Crippen LogP contribution in [0.2, 0.25) is 0 Å². The maximum atomic E-state index is 12.3. The van der Waals surface area contributed by atoms with Gasteiger partial charge in [-0.15, -0.1) is 0 Å². The smallest absolute Gasteiger partial charge is 0.147 e. The lowest BCUT2D eigenvalue weighted by atomic mass is 9.71. The Bertz CT molecular complexity index is 1810. The predicted molar refractivity (Wildman–Crippen MR) is 192 cm³/mol. The summed E-state index contributed by atoms with van der Waals surface area (Å²) in [7, 11) is 0. The number of aryl methyl sites for hydroxylation is 2. The summed E-state index contributed by atoms with van der Waals surface area (Å²) in [6.45, 7) is 29.6. The van der Waals surface area contributed by atoms with E-state index in [1.54, 1.807) is 0 Å². The Balaban J connectivity index is 1.92. The number of aromatic nitrogens is 1. The van der Waals surface area contributed by atoms with Crippen LogP contribution in [0.3, 0.4) is 0 Å². The van der Waals surface area contributed by atoms with Gasteiger partial charge in [0.25, 0.3) is 0 Å². The third kappa shape index (κ3) is 5.93. The number of hydrogen-bond donors (Lipinski definition) is 1. The van der Waals surface area contributed by atoms with E-state index in [-0.39, 0.29) is 21.7 Å². The quantitative estimate of drug-likeness (QED) is 0.222. The third-order valence-electron chi connectivity index (χ3n) is 9.40. The molecule has 2 heteroatoms. The van der Waals surface area contributed by atoms with Crippen LogP contribution < -0.4 is 0 Å². The zero-order valence-corrected chi connectivity index (χ0v) is 29.5. The van der Waals surface area contributed by atoms with Crippen LogP contribution in [0.15, 0.2) is 66.7 Å². The number of hydrogen-bond acceptors (Lipinski definition) is 1. The summed E-state index contributed by atoms with van der Waals surface area (Å²) in [6, 6.07) is 24.8. The molecule has 0 amide bonds. The van der Waals surface area contributed by atoms with Crippen molar-refractivity contribution in [2.45, 2.75) is 113 Å². The maximum absolute atomic E-state index is 12.3. The van der Waals surface area contributed by atoms with Gasteiger partial charge in [-0.05, 0) is 112 Å². The number of benzene rings is 4. The van der Waals surface area contributed by atoms with Crippen LogP contribution in [0.5, 0.6) is 5.75 Å². The molecule has 1 aromatic heterocycles. The van der Waals surface area contributed by atoms with Crippen LogP contribution in [0, 0.1) is 19.3 Å². The van der Waals surface area contributed by atoms with Crippen LogP contribution in [0.25, 0.3) is 38.6 Å². The van der Waals surface area contributed by atoms with E-state index < -0.39 is 0 Å². The molecule has 0 aliphatic carbocycles. The van der Waals surface area contributed by atoms with Crippen molar-refractivity contribution in [2.24, 2.45) is 5.41 Å². The highest BCUT2D eigenvalue weighted by molar-refractivity contribution is 6.10. The number of aromatic hydroxyl groups is 1. The Morgan fingerprint density at radius 2 is 1.09 bits per heavy atom. The molecule has 232 valence electrons. The standard InChI is InChI=1S/C42H53NO/c1-26-14-15-28(20-27(26)2)32-23-31(42(12,13)25-39(3,4)5)24-37(38(32)44)43-35-18-16-29(40(6,7)8)21-33(35)34-22-30(41(9,10)11)17-19-36(34)43/h14-24,44H,25H2,1-13H3. The third-order valence-corrected chi connectivity index (χ3v) is 9.40. The van der Waals surface area contributed by atoms with Gasteiger partial charge in [-0.2, -0.15) is 0 Å².